The Labute approximate surface area is 124 Å². The second-order valence-electron chi connectivity index (χ2n) is 6.01. The molecule has 0 aliphatic heterocycles. The molecule has 1 heterocycles. The Morgan fingerprint density at radius 2 is 2.15 bits per heavy atom. The van der Waals surface area contributed by atoms with Crippen molar-refractivity contribution in [2.75, 3.05) is 6.54 Å². The maximum atomic E-state index is 13.4. The first-order valence-electron chi connectivity index (χ1n) is 6.83. The second-order valence-corrected chi connectivity index (χ2v) is 6.99. The van der Waals surface area contributed by atoms with E-state index in [2.05, 4.69) is 31.1 Å². The van der Waals surface area contributed by atoms with Crippen LogP contribution in [0.3, 0.4) is 0 Å². The minimum Gasteiger partial charge on any atom is -0.311 e. The van der Waals surface area contributed by atoms with E-state index in [-0.39, 0.29) is 17.3 Å². The van der Waals surface area contributed by atoms with Gasteiger partial charge in [0.1, 0.15) is 5.82 Å². The fourth-order valence-corrected chi connectivity index (χ4v) is 2.76. The van der Waals surface area contributed by atoms with E-state index < -0.39 is 0 Å². The molecule has 0 saturated carbocycles. The van der Waals surface area contributed by atoms with Crippen molar-refractivity contribution in [3.8, 4) is 0 Å². The van der Waals surface area contributed by atoms with E-state index >= 15 is 0 Å². The predicted molar refractivity (Wildman–Crippen MR) is 82.7 cm³/mol. The molecule has 0 amide bonds. The van der Waals surface area contributed by atoms with Gasteiger partial charge < -0.3 is 5.32 Å². The van der Waals surface area contributed by atoms with Gasteiger partial charge in [-0.25, -0.2) is 9.37 Å². The summed E-state index contributed by atoms with van der Waals surface area (Å²) in [6, 6.07) is 6.88. The molecule has 0 radical (unpaired) electrons. The molecule has 0 saturated heterocycles. The van der Waals surface area contributed by atoms with Crippen LogP contribution < -0.4 is 5.32 Å². The van der Waals surface area contributed by atoms with Crippen LogP contribution in [0.25, 0.3) is 0 Å². The number of rotatable bonds is 5. The minimum atomic E-state index is -0.178. The molecular weight excluding hydrogens is 271 g/mol. The van der Waals surface area contributed by atoms with Crippen LogP contribution >= 0.6 is 11.3 Å². The van der Waals surface area contributed by atoms with Gasteiger partial charge in [-0.3, -0.25) is 0 Å². The van der Waals surface area contributed by atoms with Crippen molar-refractivity contribution in [3.63, 3.8) is 0 Å². The van der Waals surface area contributed by atoms with Crippen LogP contribution in [0.5, 0.6) is 0 Å². The van der Waals surface area contributed by atoms with Gasteiger partial charge in [0.15, 0.2) is 0 Å². The molecule has 0 bridgehead atoms. The average Bonchev–Trinajstić information content (AvgIpc) is 2.86. The van der Waals surface area contributed by atoms with Crippen molar-refractivity contribution < 1.29 is 4.39 Å². The Morgan fingerprint density at radius 1 is 1.35 bits per heavy atom. The maximum Gasteiger partial charge on any atom is 0.123 e. The lowest BCUT2D eigenvalue weighted by atomic mass is 9.94. The summed E-state index contributed by atoms with van der Waals surface area (Å²) in [4.78, 5) is 4.35. The number of halogens is 1. The molecule has 0 aliphatic carbocycles. The summed E-state index contributed by atoms with van der Waals surface area (Å²) < 4.78 is 13.4. The van der Waals surface area contributed by atoms with Gasteiger partial charge in [0, 0.05) is 36.0 Å². The van der Waals surface area contributed by atoms with E-state index in [0.29, 0.717) is 0 Å². The van der Waals surface area contributed by atoms with E-state index in [1.165, 1.54) is 6.07 Å². The number of hydrogen-bond acceptors (Lipinski definition) is 3. The van der Waals surface area contributed by atoms with Gasteiger partial charge in [-0.05, 0) is 38.5 Å². The highest BCUT2D eigenvalue weighted by Gasteiger charge is 2.18. The zero-order valence-corrected chi connectivity index (χ0v) is 13.0. The van der Waals surface area contributed by atoms with Crippen molar-refractivity contribution in [1.29, 1.82) is 0 Å². The Balaban J connectivity index is 2.15. The number of aromatic nitrogens is 1. The average molecular weight is 292 g/mol. The van der Waals surface area contributed by atoms with E-state index in [0.717, 1.165) is 23.5 Å². The molecule has 1 unspecified atom stereocenters. The van der Waals surface area contributed by atoms with Crippen molar-refractivity contribution in [2.45, 2.75) is 38.6 Å². The Kier molecular flexibility index (Phi) is 4.89. The largest absolute Gasteiger partial charge is 0.311 e. The summed E-state index contributed by atoms with van der Waals surface area (Å²) in [6.07, 6.45) is 2.66. The second kappa shape index (κ2) is 6.46. The maximum absolute atomic E-state index is 13.4. The Hall–Kier alpha value is -1.26. The number of hydrogen-bond donors (Lipinski definition) is 1. The van der Waals surface area contributed by atoms with Gasteiger partial charge in [0.25, 0.3) is 0 Å². The molecule has 1 N–H and O–H groups in total. The van der Waals surface area contributed by atoms with Crippen LogP contribution in [0.1, 0.15) is 37.3 Å². The lowest BCUT2D eigenvalue weighted by Crippen LogP contribution is -2.39. The normalized spacial score (nSPS) is 13.4. The molecular formula is C16H21FN2S. The zero-order chi connectivity index (χ0) is 14.6. The Bertz CT molecular complexity index is 532. The fraction of sp³-hybridized carbons (Fsp3) is 0.438. The molecule has 2 nitrogen and oxygen atoms in total. The third kappa shape index (κ3) is 4.69. The highest BCUT2D eigenvalue weighted by molar-refractivity contribution is 7.09. The summed E-state index contributed by atoms with van der Waals surface area (Å²) in [5.74, 6) is 0.0541. The van der Waals surface area contributed by atoms with Crippen LogP contribution in [0.4, 0.5) is 4.39 Å². The lowest BCUT2D eigenvalue weighted by Gasteiger charge is -2.25. The summed E-state index contributed by atoms with van der Waals surface area (Å²) >= 11 is 1.65. The molecule has 4 heteroatoms. The van der Waals surface area contributed by atoms with Crippen LogP contribution in [0, 0.1) is 5.82 Å². The molecule has 0 aliphatic rings. The molecule has 1 aromatic carbocycles. The van der Waals surface area contributed by atoms with Gasteiger partial charge in [-0.2, -0.15) is 0 Å². The van der Waals surface area contributed by atoms with Crippen molar-refractivity contribution >= 4 is 11.3 Å². The van der Waals surface area contributed by atoms with Gasteiger partial charge in [-0.1, -0.05) is 12.1 Å². The molecule has 0 fully saturated rings. The van der Waals surface area contributed by atoms with E-state index in [9.17, 15) is 4.39 Å². The zero-order valence-electron chi connectivity index (χ0n) is 12.2. The van der Waals surface area contributed by atoms with E-state index in [1.54, 1.807) is 23.5 Å². The molecule has 1 aromatic heterocycles. The molecule has 0 spiro atoms. The van der Waals surface area contributed by atoms with Gasteiger partial charge in [0.05, 0.1) is 5.01 Å². The quantitative estimate of drug-likeness (QED) is 0.901. The van der Waals surface area contributed by atoms with Gasteiger partial charge >= 0.3 is 0 Å². The monoisotopic (exact) mass is 292 g/mol. The number of thiazole rings is 1. The van der Waals surface area contributed by atoms with E-state index in [4.69, 9.17) is 0 Å². The number of benzene rings is 1. The highest BCUT2D eigenvalue weighted by atomic mass is 32.1. The topological polar surface area (TPSA) is 24.9 Å². The summed E-state index contributed by atoms with van der Waals surface area (Å²) in [7, 11) is 0. The molecule has 2 rings (SSSR count). The van der Waals surface area contributed by atoms with Crippen molar-refractivity contribution in [1.82, 2.24) is 10.3 Å². The van der Waals surface area contributed by atoms with Crippen LogP contribution in [0.15, 0.2) is 35.8 Å². The minimum absolute atomic E-state index is 0.0501. The van der Waals surface area contributed by atoms with Crippen LogP contribution in [-0.2, 0) is 6.42 Å². The van der Waals surface area contributed by atoms with Crippen LogP contribution in [-0.4, -0.2) is 17.1 Å². The summed E-state index contributed by atoms with van der Waals surface area (Å²) in [6.45, 7) is 7.23. The van der Waals surface area contributed by atoms with Crippen molar-refractivity contribution in [2.24, 2.45) is 0 Å². The third-order valence-corrected chi connectivity index (χ3v) is 3.91. The number of nitrogens with zero attached hydrogens (tertiary/aromatic N) is 1. The first kappa shape index (κ1) is 15.1. The fourth-order valence-electron chi connectivity index (χ4n) is 2.06. The first-order chi connectivity index (χ1) is 9.44. The van der Waals surface area contributed by atoms with E-state index in [1.807, 2.05) is 17.6 Å². The number of nitrogens with one attached hydrogen (secondary N) is 1. The molecule has 108 valence electrons. The molecule has 20 heavy (non-hydrogen) atoms. The first-order valence-corrected chi connectivity index (χ1v) is 7.71. The van der Waals surface area contributed by atoms with Crippen LogP contribution in [0.2, 0.25) is 0 Å². The highest BCUT2D eigenvalue weighted by Crippen LogP contribution is 2.23. The lowest BCUT2D eigenvalue weighted by molar-refractivity contribution is 0.404. The van der Waals surface area contributed by atoms with Crippen molar-refractivity contribution in [3.05, 3.63) is 52.2 Å². The molecule has 1 atom stereocenters. The smallest absolute Gasteiger partial charge is 0.123 e. The van der Waals surface area contributed by atoms with Gasteiger partial charge in [0.2, 0.25) is 0 Å². The van der Waals surface area contributed by atoms with Gasteiger partial charge in [-0.15, -0.1) is 11.3 Å². The Morgan fingerprint density at radius 3 is 2.75 bits per heavy atom. The predicted octanol–water partition coefficient (Wildman–Crippen LogP) is 4.00. The SMILES string of the molecule is CC(C)(C)NCC(Cc1nccs1)c1cccc(F)c1. The molecule has 2 aromatic rings. The summed E-state index contributed by atoms with van der Waals surface area (Å²) in [5.41, 5.74) is 1.08. The third-order valence-electron chi connectivity index (χ3n) is 3.10. The standard InChI is InChI=1S/C16H21FN2S/c1-16(2,3)19-11-13(10-15-18-7-8-20-15)12-5-4-6-14(17)9-12/h4-9,13,19H,10-11H2,1-3H3. The summed E-state index contributed by atoms with van der Waals surface area (Å²) in [5, 5.41) is 6.58.